The third-order valence-electron chi connectivity index (χ3n) is 2.17. The number of rotatable bonds is 1. The molecule has 0 spiro atoms. The fraction of sp³-hybridized carbons (Fsp3) is 0.182. The van der Waals surface area contributed by atoms with E-state index < -0.39 is 6.36 Å². The van der Waals surface area contributed by atoms with E-state index in [9.17, 15) is 13.2 Å². The van der Waals surface area contributed by atoms with Gasteiger partial charge in [-0.25, -0.2) is 0 Å². The number of hydrogen-bond acceptors (Lipinski definition) is 2. The molecule has 0 atom stereocenters. The molecule has 16 heavy (non-hydrogen) atoms. The van der Waals surface area contributed by atoms with Crippen LogP contribution in [0.4, 0.5) is 13.2 Å². The highest BCUT2D eigenvalue weighted by atomic mass is 19.4. The minimum Gasteiger partial charge on any atom is -0.406 e. The zero-order chi connectivity index (χ0) is 11.8. The molecule has 84 valence electrons. The summed E-state index contributed by atoms with van der Waals surface area (Å²) in [5, 5.41) is 1.49. The number of benzene rings is 1. The molecule has 2 rings (SSSR count). The quantitative estimate of drug-likeness (QED) is 0.744. The lowest BCUT2D eigenvalue weighted by Crippen LogP contribution is -2.17. The molecule has 0 unspecified atom stereocenters. The van der Waals surface area contributed by atoms with Crippen molar-refractivity contribution in [1.29, 1.82) is 0 Å². The minimum absolute atomic E-state index is 0.226. The summed E-state index contributed by atoms with van der Waals surface area (Å²) in [5.74, 6) is -0.226. The van der Waals surface area contributed by atoms with Gasteiger partial charge in [0, 0.05) is 17.3 Å². The van der Waals surface area contributed by atoms with E-state index in [1.807, 2.05) is 0 Å². The predicted octanol–water partition coefficient (Wildman–Crippen LogP) is 3.44. The number of ether oxygens (including phenoxy) is 1. The molecule has 1 aromatic heterocycles. The van der Waals surface area contributed by atoms with Crippen LogP contribution < -0.4 is 4.74 Å². The fourth-order valence-electron chi connectivity index (χ4n) is 1.49. The topological polar surface area (TPSA) is 22.1 Å². The Hall–Kier alpha value is -1.78. The maximum atomic E-state index is 12.0. The normalized spacial score (nSPS) is 11.8. The van der Waals surface area contributed by atoms with E-state index in [0.29, 0.717) is 11.1 Å². The van der Waals surface area contributed by atoms with E-state index in [4.69, 9.17) is 0 Å². The number of aryl methyl sites for hydroxylation is 1. The van der Waals surface area contributed by atoms with Crippen LogP contribution in [0.15, 0.2) is 30.5 Å². The number of hydrogen-bond donors (Lipinski definition) is 0. The lowest BCUT2D eigenvalue weighted by atomic mass is 10.1. The van der Waals surface area contributed by atoms with E-state index in [0.717, 1.165) is 5.39 Å². The van der Waals surface area contributed by atoms with Crippen molar-refractivity contribution < 1.29 is 17.9 Å². The third-order valence-corrected chi connectivity index (χ3v) is 2.17. The highest BCUT2D eigenvalue weighted by Crippen LogP contribution is 2.27. The zero-order valence-electron chi connectivity index (χ0n) is 8.38. The molecular formula is C11H8F3NO. The monoisotopic (exact) mass is 227 g/mol. The van der Waals surface area contributed by atoms with Crippen LogP contribution in [-0.2, 0) is 0 Å². The molecule has 2 nitrogen and oxygen atoms in total. The Labute approximate surface area is 89.7 Å². The number of fused-ring (bicyclic) bond motifs is 1. The zero-order valence-corrected chi connectivity index (χ0v) is 8.38. The summed E-state index contributed by atoms with van der Waals surface area (Å²) in [5.41, 5.74) is 0.671. The third kappa shape index (κ3) is 2.24. The molecule has 0 aliphatic heterocycles. The van der Waals surface area contributed by atoms with Gasteiger partial charge in [0.2, 0.25) is 0 Å². The molecular weight excluding hydrogens is 219 g/mol. The van der Waals surface area contributed by atoms with Crippen LogP contribution in [0.5, 0.6) is 5.75 Å². The Bertz CT molecular complexity index is 522. The van der Waals surface area contributed by atoms with Crippen molar-refractivity contribution in [3.8, 4) is 5.75 Å². The van der Waals surface area contributed by atoms with Crippen molar-refractivity contribution in [2.75, 3.05) is 0 Å². The van der Waals surface area contributed by atoms with Gasteiger partial charge < -0.3 is 4.74 Å². The second-order valence-corrected chi connectivity index (χ2v) is 3.33. The van der Waals surface area contributed by atoms with Crippen molar-refractivity contribution in [2.45, 2.75) is 13.3 Å². The molecule has 0 aliphatic rings. The summed E-state index contributed by atoms with van der Waals surface area (Å²) in [6, 6.07) is 5.94. The number of nitrogens with zero attached hydrogens (tertiary/aromatic N) is 1. The molecule has 0 saturated carbocycles. The first kappa shape index (κ1) is 10.7. The van der Waals surface area contributed by atoms with Gasteiger partial charge in [0.15, 0.2) is 0 Å². The molecule has 0 saturated heterocycles. The molecule has 0 radical (unpaired) electrons. The van der Waals surface area contributed by atoms with Crippen LogP contribution in [-0.4, -0.2) is 11.3 Å². The van der Waals surface area contributed by atoms with Crippen molar-refractivity contribution in [1.82, 2.24) is 4.98 Å². The maximum Gasteiger partial charge on any atom is 0.573 e. The molecule has 2 aromatic rings. The predicted molar refractivity (Wildman–Crippen MR) is 53.2 cm³/mol. The molecule has 0 fully saturated rings. The van der Waals surface area contributed by atoms with Gasteiger partial charge in [0.05, 0.1) is 0 Å². The van der Waals surface area contributed by atoms with Gasteiger partial charge >= 0.3 is 6.36 Å². The largest absolute Gasteiger partial charge is 0.573 e. The van der Waals surface area contributed by atoms with Crippen LogP contribution in [0, 0.1) is 6.92 Å². The second kappa shape index (κ2) is 3.66. The van der Waals surface area contributed by atoms with Gasteiger partial charge in [-0.2, -0.15) is 0 Å². The number of alkyl halides is 3. The Balaban J connectivity index is 2.47. The highest BCUT2D eigenvalue weighted by Gasteiger charge is 2.31. The van der Waals surface area contributed by atoms with Crippen molar-refractivity contribution in [3.05, 3.63) is 36.2 Å². The van der Waals surface area contributed by atoms with Gasteiger partial charge in [0.1, 0.15) is 5.75 Å². The van der Waals surface area contributed by atoms with Gasteiger partial charge in [0.25, 0.3) is 0 Å². The van der Waals surface area contributed by atoms with Crippen molar-refractivity contribution in [2.24, 2.45) is 0 Å². The van der Waals surface area contributed by atoms with Crippen LogP contribution in [0.2, 0.25) is 0 Å². The Morgan fingerprint density at radius 3 is 2.62 bits per heavy atom. The molecule has 1 aromatic carbocycles. The summed E-state index contributed by atoms with van der Waals surface area (Å²) >= 11 is 0. The molecule has 0 amide bonds. The van der Waals surface area contributed by atoms with Crippen molar-refractivity contribution in [3.63, 3.8) is 0 Å². The van der Waals surface area contributed by atoms with Crippen LogP contribution >= 0.6 is 0 Å². The average Bonchev–Trinajstić information content (AvgIpc) is 2.17. The first-order valence-corrected chi connectivity index (χ1v) is 4.57. The standard InChI is InChI=1S/C11H8F3NO/c1-7-10-6-9(16-11(12,13)14)3-2-8(10)4-5-15-7/h2-6H,1H3. The summed E-state index contributed by atoms with van der Waals surface area (Å²) in [6.45, 7) is 1.74. The summed E-state index contributed by atoms with van der Waals surface area (Å²) < 4.78 is 39.8. The van der Waals surface area contributed by atoms with Gasteiger partial charge in [-0.1, -0.05) is 6.07 Å². The Morgan fingerprint density at radius 2 is 1.94 bits per heavy atom. The first-order chi connectivity index (χ1) is 7.46. The molecule has 0 N–H and O–H groups in total. The lowest BCUT2D eigenvalue weighted by Gasteiger charge is -2.09. The van der Waals surface area contributed by atoms with E-state index in [2.05, 4.69) is 9.72 Å². The fourth-order valence-corrected chi connectivity index (χ4v) is 1.49. The van der Waals surface area contributed by atoms with Crippen LogP contribution in [0.1, 0.15) is 5.69 Å². The number of pyridine rings is 1. The SMILES string of the molecule is Cc1nccc2ccc(OC(F)(F)F)cc12. The van der Waals surface area contributed by atoms with E-state index in [1.54, 1.807) is 25.3 Å². The smallest absolute Gasteiger partial charge is 0.406 e. The first-order valence-electron chi connectivity index (χ1n) is 4.57. The summed E-state index contributed by atoms with van der Waals surface area (Å²) in [7, 11) is 0. The summed E-state index contributed by atoms with van der Waals surface area (Å²) in [4.78, 5) is 4.01. The van der Waals surface area contributed by atoms with Gasteiger partial charge in [-0.15, -0.1) is 13.2 Å². The Kier molecular flexibility index (Phi) is 2.46. The maximum absolute atomic E-state index is 12.0. The Morgan fingerprint density at radius 1 is 1.19 bits per heavy atom. The lowest BCUT2D eigenvalue weighted by molar-refractivity contribution is -0.274. The number of aromatic nitrogens is 1. The minimum atomic E-state index is -4.66. The number of halogens is 3. The summed E-state index contributed by atoms with van der Waals surface area (Å²) in [6.07, 6.45) is -3.05. The molecule has 0 bridgehead atoms. The second-order valence-electron chi connectivity index (χ2n) is 3.33. The van der Waals surface area contributed by atoms with Crippen LogP contribution in [0.25, 0.3) is 10.8 Å². The molecule has 0 aliphatic carbocycles. The highest BCUT2D eigenvalue weighted by molar-refractivity contribution is 5.85. The van der Waals surface area contributed by atoms with E-state index in [-0.39, 0.29) is 5.75 Å². The molecule has 1 heterocycles. The van der Waals surface area contributed by atoms with Gasteiger partial charge in [-0.3, -0.25) is 4.98 Å². The van der Waals surface area contributed by atoms with Crippen LogP contribution in [0.3, 0.4) is 0 Å². The average molecular weight is 227 g/mol. The van der Waals surface area contributed by atoms with E-state index in [1.165, 1.54) is 12.1 Å². The van der Waals surface area contributed by atoms with E-state index >= 15 is 0 Å². The van der Waals surface area contributed by atoms with Crippen molar-refractivity contribution >= 4 is 10.8 Å². The molecule has 5 heteroatoms. The van der Waals surface area contributed by atoms with Gasteiger partial charge in [-0.05, 0) is 30.5 Å².